The molecule has 1 aliphatic rings. The van der Waals surface area contributed by atoms with E-state index in [0.29, 0.717) is 17.0 Å². The Balaban J connectivity index is 1.43. The highest BCUT2D eigenvalue weighted by molar-refractivity contribution is 6.32. The molecule has 7 heteroatoms. The number of benzene rings is 2. The lowest BCUT2D eigenvalue weighted by Crippen LogP contribution is -2.23. The Morgan fingerprint density at radius 1 is 1.11 bits per heavy atom. The Hall–Kier alpha value is -3.04. The Bertz CT molecular complexity index is 921. The van der Waals surface area contributed by atoms with Crippen LogP contribution in [0.2, 0.25) is 5.02 Å². The molecule has 138 valence electrons. The maximum Gasteiger partial charge on any atom is 0.344 e. The van der Waals surface area contributed by atoms with Crippen molar-refractivity contribution >= 4 is 29.2 Å². The fourth-order valence-corrected chi connectivity index (χ4v) is 3.07. The Labute approximate surface area is 161 Å². The van der Waals surface area contributed by atoms with E-state index in [1.54, 1.807) is 6.07 Å². The first-order valence-corrected chi connectivity index (χ1v) is 8.82. The lowest BCUT2D eigenvalue weighted by atomic mass is 10.1. The molecule has 1 aliphatic carbocycles. The first-order valence-electron chi connectivity index (χ1n) is 8.45. The van der Waals surface area contributed by atoms with Crippen LogP contribution in [-0.4, -0.2) is 25.1 Å². The van der Waals surface area contributed by atoms with Gasteiger partial charge in [-0.15, -0.1) is 0 Å². The maximum absolute atomic E-state index is 11.8. The number of hydrogen-bond donors (Lipinski definition) is 1. The number of aryl methyl sites for hydroxylation is 2. The van der Waals surface area contributed by atoms with Gasteiger partial charge in [-0.1, -0.05) is 17.7 Å². The molecule has 0 heterocycles. The van der Waals surface area contributed by atoms with Crippen molar-refractivity contribution in [1.82, 2.24) is 0 Å². The number of anilines is 1. The SMILES string of the molecule is N#Cc1ccc(NC(=O)COC(=O)COc2ccc3c(c2)CCC3)cc1Cl. The van der Waals surface area contributed by atoms with Gasteiger partial charge < -0.3 is 14.8 Å². The minimum Gasteiger partial charge on any atom is -0.482 e. The molecule has 2 aromatic rings. The summed E-state index contributed by atoms with van der Waals surface area (Å²) in [5.74, 6) is -0.533. The summed E-state index contributed by atoms with van der Waals surface area (Å²) in [6.07, 6.45) is 3.24. The van der Waals surface area contributed by atoms with Gasteiger partial charge in [0.15, 0.2) is 13.2 Å². The number of ether oxygens (including phenoxy) is 2. The van der Waals surface area contributed by atoms with E-state index in [0.717, 1.165) is 19.3 Å². The molecule has 0 unspecified atom stereocenters. The second kappa shape index (κ2) is 8.56. The van der Waals surface area contributed by atoms with Crippen molar-refractivity contribution in [2.24, 2.45) is 0 Å². The van der Waals surface area contributed by atoms with Gasteiger partial charge >= 0.3 is 5.97 Å². The summed E-state index contributed by atoms with van der Waals surface area (Å²) in [6.45, 7) is -0.710. The quantitative estimate of drug-likeness (QED) is 0.772. The second-order valence-electron chi connectivity index (χ2n) is 6.09. The molecule has 0 fully saturated rings. The molecule has 0 aliphatic heterocycles. The highest BCUT2D eigenvalue weighted by atomic mass is 35.5. The Morgan fingerprint density at radius 2 is 1.93 bits per heavy atom. The molecule has 0 aromatic heterocycles. The zero-order valence-electron chi connectivity index (χ0n) is 14.5. The van der Waals surface area contributed by atoms with E-state index in [1.807, 2.05) is 24.3 Å². The Morgan fingerprint density at radius 3 is 2.70 bits per heavy atom. The standard InChI is InChI=1S/C20H17ClN2O4/c21-18-9-16(6-4-15(18)10-22)23-19(24)11-27-20(25)12-26-17-7-5-13-2-1-3-14(13)8-17/h4-9H,1-3,11-12H2,(H,23,24). The topological polar surface area (TPSA) is 88.4 Å². The van der Waals surface area contributed by atoms with E-state index in [1.165, 1.54) is 23.3 Å². The number of carbonyl (C=O) groups excluding carboxylic acids is 2. The molecule has 2 aromatic carbocycles. The summed E-state index contributed by atoms with van der Waals surface area (Å²) in [5, 5.41) is 11.6. The van der Waals surface area contributed by atoms with Crippen molar-refractivity contribution in [3.63, 3.8) is 0 Å². The average Bonchev–Trinajstić information content (AvgIpc) is 3.12. The minimum atomic E-state index is -0.636. The number of nitriles is 1. The van der Waals surface area contributed by atoms with Gasteiger partial charge in [-0.2, -0.15) is 5.26 Å². The molecule has 0 atom stereocenters. The maximum atomic E-state index is 11.8. The molecule has 1 N–H and O–H groups in total. The van der Waals surface area contributed by atoms with Crippen molar-refractivity contribution in [1.29, 1.82) is 5.26 Å². The summed E-state index contributed by atoms with van der Waals surface area (Å²) >= 11 is 5.90. The van der Waals surface area contributed by atoms with Crippen LogP contribution < -0.4 is 10.1 Å². The number of esters is 1. The van der Waals surface area contributed by atoms with Gasteiger partial charge in [0.2, 0.25) is 0 Å². The highest BCUT2D eigenvalue weighted by Crippen LogP contribution is 2.26. The highest BCUT2D eigenvalue weighted by Gasteiger charge is 2.13. The lowest BCUT2D eigenvalue weighted by Gasteiger charge is -2.09. The second-order valence-corrected chi connectivity index (χ2v) is 6.50. The first-order chi connectivity index (χ1) is 13.0. The van der Waals surface area contributed by atoms with Crippen molar-refractivity contribution < 1.29 is 19.1 Å². The van der Waals surface area contributed by atoms with E-state index in [4.69, 9.17) is 26.3 Å². The van der Waals surface area contributed by atoms with Gasteiger partial charge in [-0.05, 0) is 60.7 Å². The van der Waals surface area contributed by atoms with Gasteiger partial charge in [0.25, 0.3) is 5.91 Å². The third kappa shape index (κ3) is 4.99. The van der Waals surface area contributed by atoms with E-state index >= 15 is 0 Å². The summed E-state index contributed by atoms with van der Waals surface area (Å²) in [6, 6.07) is 12.2. The van der Waals surface area contributed by atoms with E-state index in [-0.39, 0.29) is 11.6 Å². The van der Waals surface area contributed by atoms with Crippen LogP contribution in [0.3, 0.4) is 0 Å². The van der Waals surface area contributed by atoms with Crippen molar-refractivity contribution in [3.05, 3.63) is 58.1 Å². The molecule has 1 amide bonds. The van der Waals surface area contributed by atoms with Gasteiger partial charge in [0.05, 0.1) is 10.6 Å². The molecular weight excluding hydrogens is 368 g/mol. The van der Waals surface area contributed by atoms with Crippen LogP contribution in [0.4, 0.5) is 5.69 Å². The van der Waals surface area contributed by atoms with Crippen LogP contribution in [0.25, 0.3) is 0 Å². The van der Waals surface area contributed by atoms with Crippen molar-refractivity contribution in [2.45, 2.75) is 19.3 Å². The number of carbonyl (C=O) groups is 2. The number of rotatable bonds is 6. The molecular formula is C20H17ClN2O4. The van der Waals surface area contributed by atoms with Gasteiger partial charge in [0.1, 0.15) is 11.8 Å². The van der Waals surface area contributed by atoms with Crippen LogP contribution in [-0.2, 0) is 27.2 Å². The fraction of sp³-hybridized carbons (Fsp3) is 0.250. The molecule has 0 saturated carbocycles. The summed E-state index contributed by atoms with van der Waals surface area (Å²) in [7, 11) is 0. The lowest BCUT2D eigenvalue weighted by molar-refractivity contribution is -0.149. The molecule has 3 rings (SSSR count). The zero-order chi connectivity index (χ0) is 19.2. The van der Waals surface area contributed by atoms with Gasteiger partial charge in [-0.3, -0.25) is 4.79 Å². The van der Waals surface area contributed by atoms with Crippen molar-refractivity contribution in [3.8, 4) is 11.8 Å². The predicted octanol–water partition coefficient (Wildman–Crippen LogP) is 3.26. The third-order valence-corrected chi connectivity index (χ3v) is 4.48. The van der Waals surface area contributed by atoms with Crippen LogP contribution >= 0.6 is 11.6 Å². The van der Waals surface area contributed by atoms with Crippen LogP contribution in [0.5, 0.6) is 5.75 Å². The van der Waals surface area contributed by atoms with Gasteiger partial charge in [-0.25, -0.2) is 4.79 Å². The number of hydrogen-bond acceptors (Lipinski definition) is 5. The zero-order valence-corrected chi connectivity index (χ0v) is 15.2. The summed E-state index contributed by atoms with van der Waals surface area (Å²) in [5.41, 5.74) is 3.30. The first kappa shape index (κ1) is 18.7. The molecule has 0 spiro atoms. The predicted molar refractivity (Wildman–Crippen MR) is 99.7 cm³/mol. The van der Waals surface area contributed by atoms with Gasteiger partial charge in [0, 0.05) is 5.69 Å². The molecule has 0 radical (unpaired) electrons. The normalized spacial score (nSPS) is 12.0. The molecule has 0 bridgehead atoms. The fourth-order valence-electron chi connectivity index (χ4n) is 2.85. The molecule has 6 nitrogen and oxygen atoms in total. The monoisotopic (exact) mass is 384 g/mol. The number of amides is 1. The summed E-state index contributed by atoms with van der Waals surface area (Å²) in [4.78, 5) is 23.6. The van der Waals surface area contributed by atoms with Crippen LogP contribution in [0.1, 0.15) is 23.1 Å². The smallest absolute Gasteiger partial charge is 0.344 e. The van der Waals surface area contributed by atoms with Crippen molar-refractivity contribution in [2.75, 3.05) is 18.5 Å². The Kier molecular flexibility index (Phi) is 5.94. The average molecular weight is 385 g/mol. The molecule has 0 saturated heterocycles. The minimum absolute atomic E-state index is 0.232. The summed E-state index contributed by atoms with van der Waals surface area (Å²) < 4.78 is 10.3. The van der Waals surface area contributed by atoms with E-state index in [9.17, 15) is 9.59 Å². The molecule has 27 heavy (non-hydrogen) atoms. The van der Waals surface area contributed by atoms with E-state index in [2.05, 4.69) is 5.32 Å². The third-order valence-electron chi connectivity index (χ3n) is 4.16. The number of nitrogens with zero attached hydrogens (tertiary/aromatic N) is 1. The van der Waals surface area contributed by atoms with E-state index < -0.39 is 18.5 Å². The number of fused-ring (bicyclic) bond motifs is 1. The largest absolute Gasteiger partial charge is 0.482 e. The number of halogens is 1. The number of nitrogens with one attached hydrogen (secondary N) is 1. The van der Waals surface area contributed by atoms with Crippen LogP contribution in [0.15, 0.2) is 36.4 Å². The van der Waals surface area contributed by atoms with Crippen LogP contribution in [0, 0.1) is 11.3 Å².